The molecule has 0 radical (unpaired) electrons. The number of anilines is 1. The van der Waals surface area contributed by atoms with Crippen LogP contribution in [0.4, 0.5) is 5.69 Å². The quantitative estimate of drug-likeness (QED) is 0.0725. The Morgan fingerprint density at radius 3 is 1.09 bits per heavy atom. The number of hydrogen-bond donors (Lipinski definition) is 0. The summed E-state index contributed by atoms with van der Waals surface area (Å²) < 4.78 is 6.40. The van der Waals surface area contributed by atoms with Crippen molar-refractivity contribution in [2.75, 3.05) is 18.0 Å². The van der Waals surface area contributed by atoms with Gasteiger partial charge in [0.25, 0.3) is 0 Å². The first-order chi connectivity index (χ1) is 22.8. The zero-order chi connectivity index (χ0) is 32.6. The maximum Gasteiger partial charge on any atom is 0.150 e. The monoisotopic (exact) mass is 634 g/mol. The van der Waals surface area contributed by atoms with Gasteiger partial charge < -0.3 is 9.64 Å². The topological polar surface area (TPSA) is 12.5 Å². The van der Waals surface area contributed by atoms with Gasteiger partial charge in [-0.3, -0.25) is 0 Å². The van der Waals surface area contributed by atoms with Crippen LogP contribution in [-0.4, -0.2) is 13.1 Å². The first-order valence-corrected chi connectivity index (χ1v) is 20.4. The molecule has 46 heavy (non-hydrogen) atoms. The Morgan fingerprint density at radius 2 is 0.696 bits per heavy atom. The zero-order valence-corrected chi connectivity index (χ0v) is 30.8. The first kappa shape index (κ1) is 40.2. The summed E-state index contributed by atoms with van der Waals surface area (Å²) in [4.78, 5) is 2.62. The van der Waals surface area contributed by atoms with Gasteiger partial charge in [0.1, 0.15) is 5.75 Å². The lowest BCUT2D eigenvalue weighted by molar-refractivity contribution is 0.479. The van der Waals surface area contributed by atoms with E-state index in [2.05, 4.69) is 73.3 Å². The highest BCUT2D eigenvalue weighted by Gasteiger charge is 2.13. The Balaban J connectivity index is 1.66. The third-order valence-electron chi connectivity index (χ3n) is 9.74. The van der Waals surface area contributed by atoms with Crippen molar-refractivity contribution in [1.82, 2.24) is 0 Å². The predicted octanol–water partition coefficient (Wildman–Crippen LogP) is 15.2. The molecule has 0 aliphatic carbocycles. The number of rotatable bonds is 33. The van der Waals surface area contributed by atoms with Crippen molar-refractivity contribution in [3.8, 4) is 11.5 Å². The molecule has 262 valence electrons. The molecule has 0 aliphatic rings. The van der Waals surface area contributed by atoms with Crippen LogP contribution >= 0.6 is 0 Å². The van der Waals surface area contributed by atoms with Gasteiger partial charge in [-0.15, -0.1) is 0 Å². The second-order valence-electron chi connectivity index (χ2n) is 14.1. The standard InChI is InChI=1S/C44H75NO/c1-3-5-7-9-11-13-15-17-19-21-23-25-27-34-40-45(43-38-32-33-39-44(43)46-42-36-30-29-31-37-42)41-35-28-26-24-22-20-18-16-14-12-10-8-6-4-2/h29-33,36-39H,3-28,34-35,40-41H2,1-2H3. The number of ether oxygens (including phenoxy) is 1. The van der Waals surface area contributed by atoms with Gasteiger partial charge in [0.15, 0.2) is 5.75 Å². The molecule has 2 rings (SSSR count). The summed E-state index contributed by atoms with van der Waals surface area (Å²) in [5.74, 6) is 1.91. The fourth-order valence-corrected chi connectivity index (χ4v) is 6.77. The zero-order valence-electron chi connectivity index (χ0n) is 30.8. The lowest BCUT2D eigenvalue weighted by Crippen LogP contribution is -2.26. The normalized spacial score (nSPS) is 11.3. The van der Waals surface area contributed by atoms with Gasteiger partial charge in [-0.05, 0) is 37.1 Å². The molecule has 0 aromatic heterocycles. The average molecular weight is 634 g/mol. The van der Waals surface area contributed by atoms with Crippen LogP contribution in [-0.2, 0) is 0 Å². The van der Waals surface area contributed by atoms with E-state index in [9.17, 15) is 0 Å². The van der Waals surface area contributed by atoms with Crippen LogP contribution in [0.25, 0.3) is 0 Å². The molecule has 0 aliphatic heterocycles. The van der Waals surface area contributed by atoms with E-state index in [1.807, 2.05) is 0 Å². The van der Waals surface area contributed by atoms with Gasteiger partial charge in [-0.25, -0.2) is 0 Å². The number of unbranched alkanes of at least 4 members (excludes halogenated alkanes) is 26. The minimum absolute atomic E-state index is 0.919. The van der Waals surface area contributed by atoms with Gasteiger partial charge >= 0.3 is 0 Å². The maximum atomic E-state index is 6.40. The van der Waals surface area contributed by atoms with E-state index in [0.717, 1.165) is 24.6 Å². The SMILES string of the molecule is CCCCCCCCCCCCCCCCN(CCCCCCCCCCCCCCCC)c1ccccc1Oc1ccccc1. The Morgan fingerprint density at radius 1 is 0.370 bits per heavy atom. The van der Waals surface area contributed by atoms with Crippen LogP contribution < -0.4 is 9.64 Å². The Hall–Kier alpha value is -1.96. The third-order valence-corrected chi connectivity index (χ3v) is 9.74. The van der Waals surface area contributed by atoms with Crippen LogP contribution in [0.5, 0.6) is 11.5 Å². The van der Waals surface area contributed by atoms with Crippen molar-refractivity contribution < 1.29 is 4.74 Å². The number of hydrogen-bond acceptors (Lipinski definition) is 2. The van der Waals surface area contributed by atoms with Crippen molar-refractivity contribution in [2.45, 2.75) is 194 Å². The molecule has 2 heteroatoms. The summed E-state index contributed by atoms with van der Waals surface area (Å²) in [6.45, 7) is 6.87. The Kier molecular flexibility index (Phi) is 26.6. The van der Waals surface area contributed by atoms with Crippen LogP contribution in [0.15, 0.2) is 54.6 Å². The smallest absolute Gasteiger partial charge is 0.150 e. The molecule has 0 N–H and O–H groups in total. The van der Waals surface area contributed by atoms with E-state index in [4.69, 9.17) is 4.74 Å². The lowest BCUT2D eigenvalue weighted by atomic mass is 10.0. The second kappa shape index (κ2) is 30.4. The predicted molar refractivity (Wildman–Crippen MR) is 206 cm³/mol. The molecule has 0 amide bonds. The third kappa shape index (κ3) is 21.8. The Labute approximate surface area is 287 Å². The molecule has 0 saturated carbocycles. The number of para-hydroxylation sites is 3. The van der Waals surface area contributed by atoms with Gasteiger partial charge in [0, 0.05) is 13.1 Å². The van der Waals surface area contributed by atoms with Crippen LogP contribution in [0, 0.1) is 0 Å². The highest BCUT2D eigenvalue weighted by molar-refractivity contribution is 5.59. The lowest BCUT2D eigenvalue weighted by Gasteiger charge is -2.27. The van der Waals surface area contributed by atoms with Crippen LogP contribution in [0.2, 0.25) is 0 Å². The highest BCUT2D eigenvalue weighted by Crippen LogP contribution is 2.33. The molecule has 0 fully saturated rings. The summed E-state index contributed by atoms with van der Waals surface area (Å²) >= 11 is 0. The molecule has 0 spiro atoms. The summed E-state index contributed by atoms with van der Waals surface area (Å²) in [6, 6.07) is 19.0. The molecule has 0 bridgehead atoms. The molecule has 2 nitrogen and oxygen atoms in total. The van der Waals surface area contributed by atoms with E-state index in [1.54, 1.807) is 0 Å². The van der Waals surface area contributed by atoms with Crippen molar-refractivity contribution in [3.05, 3.63) is 54.6 Å². The first-order valence-electron chi connectivity index (χ1n) is 20.4. The number of benzene rings is 2. The van der Waals surface area contributed by atoms with Crippen molar-refractivity contribution in [3.63, 3.8) is 0 Å². The van der Waals surface area contributed by atoms with E-state index < -0.39 is 0 Å². The largest absolute Gasteiger partial charge is 0.455 e. The van der Waals surface area contributed by atoms with Crippen molar-refractivity contribution >= 4 is 5.69 Å². The van der Waals surface area contributed by atoms with E-state index >= 15 is 0 Å². The number of nitrogens with zero attached hydrogens (tertiary/aromatic N) is 1. The second-order valence-corrected chi connectivity index (χ2v) is 14.1. The highest BCUT2D eigenvalue weighted by atomic mass is 16.5. The fourth-order valence-electron chi connectivity index (χ4n) is 6.77. The molecular formula is C44H75NO. The summed E-state index contributed by atoms with van der Waals surface area (Å²) in [7, 11) is 0. The van der Waals surface area contributed by atoms with E-state index in [1.165, 1.54) is 185 Å². The Bertz CT molecular complexity index is 864. The maximum absolute atomic E-state index is 6.40. The van der Waals surface area contributed by atoms with Gasteiger partial charge in [-0.2, -0.15) is 0 Å². The van der Waals surface area contributed by atoms with Crippen LogP contribution in [0.1, 0.15) is 194 Å². The minimum Gasteiger partial charge on any atom is -0.455 e. The van der Waals surface area contributed by atoms with Crippen LogP contribution in [0.3, 0.4) is 0 Å². The molecule has 0 heterocycles. The van der Waals surface area contributed by atoms with Crippen molar-refractivity contribution in [2.24, 2.45) is 0 Å². The van der Waals surface area contributed by atoms with Crippen molar-refractivity contribution in [1.29, 1.82) is 0 Å². The molecule has 2 aromatic rings. The molecule has 2 aromatic carbocycles. The molecule has 0 saturated heterocycles. The van der Waals surface area contributed by atoms with E-state index in [-0.39, 0.29) is 0 Å². The molecule has 0 atom stereocenters. The molecule has 0 unspecified atom stereocenters. The fraction of sp³-hybridized carbons (Fsp3) is 0.727. The van der Waals surface area contributed by atoms with Gasteiger partial charge in [0.2, 0.25) is 0 Å². The average Bonchev–Trinajstić information content (AvgIpc) is 3.08. The van der Waals surface area contributed by atoms with Gasteiger partial charge in [0.05, 0.1) is 5.69 Å². The van der Waals surface area contributed by atoms with Gasteiger partial charge in [-0.1, -0.05) is 211 Å². The molecular weight excluding hydrogens is 558 g/mol. The minimum atomic E-state index is 0.919. The summed E-state index contributed by atoms with van der Waals surface area (Å²) in [5.41, 5.74) is 1.26. The summed E-state index contributed by atoms with van der Waals surface area (Å²) in [5, 5.41) is 0. The van der Waals surface area contributed by atoms with E-state index in [0.29, 0.717) is 0 Å². The summed E-state index contributed by atoms with van der Waals surface area (Å²) in [6.07, 6.45) is 39.5.